The van der Waals surface area contributed by atoms with Crippen LogP contribution in [0.15, 0.2) is 43.0 Å². The maximum Gasteiger partial charge on any atom is 0.252 e. The molecule has 1 unspecified atom stereocenters. The summed E-state index contributed by atoms with van der Waals surface area (Å²) >= 11 is 0. The summed E-state index contributed by atoms with van der Waals surface area (Å²) in [5, 5.41) is 4.55. The fraction of sp³-hybridized carbons (Fsp3) is 0.350. The molecule has 1 amide bonds. The summed E-state index contributed by atoms with van der Waals surface area (Å²) in [6.45, 7) is 0. The van der Waals surface area contributed by atoms with E-state index in [0.29, 0.717) is 23.7 Å². The Morgan fingerprint density at radius 2 is 1.93 bits per heavy atom. The maximum atomic E-state index is 11.9. The Morgan fingerprint density at radius 1 is 1.19 bits per heavy atom. The van der Waals surface area contributed by atoms with Crippen molar-refractivity contribution in [2.45, 2.75) is 43.8 Å². The fourth-order valence-electron chi connectivity index (χ4n) is 4.79. The van der Waals surface area contributed by atoms with E-state index in [1.165, 1.54) is 18.5 Å². The molecule has 5 rings (SSSR count). The van der Waals surface area contributed by atoms with Crippen molar-refractivity contribution >= 4 is 28.3 Å². The number of primary amides is 1. The van der Waals surface area contributed by atoms with Gasteiger partial charge in [-0.05, 0) is 43.9 Å². The molecular formula is C20H22N6O. The second kappa shape index (κ2) is 6.26. The Kier molecular flexibility index (Phi) is 3.74. The van der Waals surface area contributed by atoms with Crippen LogP contribution < -0.4 is 16.0 Å². The number of piperidine rings is 1. The molecule has 0 aliphatic carbocycles. The lowest BCUT2D eigenvalue weighted by Crippen LogP contribution is -2.47. The average molecular weight is 362 g/mol. The lowest BCUT2D eigenvalue weighted by atomic mass is 9.95. The quantitative estimate of drug-likeness (QED) is 0.662. The number of carbonyl (C=O) groups is 1. The number of aromatic amines is 1. The normalized spacial score (nSPS) is 24.3. The summed E-state index contributed by atoms with van der Waals surface area (Å²) in [7, 11) is 0. The Labute approximate surface area is 157 Å². The molecule has 7 heteroatoms. The third kappa shape index (κ3) is 2.70. The number of nitrogens with one attached hydrogen (secondary N) is 2. The minimum Gasteiger partial charge on any atom is -0.381 e. The van der Waals surface area contributed by atoms with Gasteiger partial charge in [0.2, 0.25) is 0 Å². The van der Waals surface area contributed by atoms with E-state index in [1.54, 1.807) is 6.20 Å². The molecule has 0 saturated carbocycles. The van der Waals surface area contributed by atoms with E-state index < -0.39 is 5.91 Å². The number of aromatic nitrogens is 3. The van der Waals surface area contributed by atoms with Gasteiger partial charge in [-0.1, -0.05) is 0 Å². The van der Waals surface area contributed by atoms with Crippen LogP contribution in [0.25, 0.3) is 11.0 Å². The first-order valence-corrected chi connectivity index (χ1v) is 9.41. The first-order chi connectivity index (χ1) is 13.2. The Morgan fingerprint density at radius 3 is 2.63 bits per heavy atom. The van der Waals surface area contributed by atoms with Crippen molar-refractivity contribution in [3.8, 4) is 0 Å². The van der Waals surface area contributed by atoms with Crippen molar-refractivity contribution in [2.75, 3.05) is 10.2 Å². The van der Waals surface area contributed by atoms with Crippen LogP contribution in [0.3, 0.4) is 0 Å². The topological polar surface area (TPSA) is 99.9 Å². The number of nitrogens with zero attached hydrogens (tertiary/aromatic N) is 3. The number of amides is 1. The van der Waals surface area contributed by atoms with Crippen molar-refractivity contribution in [3.05, 3.63) is 48.5 Å². The molecule has 5 heterocycles. The van der Waals surface area contributed by atoms with Crippen LogP contribution >= 0.6 is 0 Å². The average Bonchev–Trinajstić information content (AvgIpc) is 3.25. The van der Waals surface area contributed by atoms with Crippen LogP contribution in [0.4, 0.5) is 11.4 Å². The largest absolute Gasteiger partial charge is 0.381 e. The zero-order valence-electron chi connectivity index (χ0n) is 14.9. The summed E-state index contributed by atoms with van der Waals surface area (Å²) < 4.78 is 0. The molecule has 4 N–H and O–H groups in total. The Hall–Kier alpha value is -3.09. The number of hydrogen-bond donors (Lipinski definition) is 3. The molecule has 2 saturated heterocycles. The first kappa shape index (κ1) is 16.1. The van der Waals surface area contributed by atoms with Gasteiger partial charge >= 0.3 is 0 Å². The van der Waals surface area contributed by atoms with Gasteiger partial charge in [0.15, 0.2) is 0 Å². The molecule has 0 spiro atoms. The van der Waals surface area contributed by atoms with Gasteiger partial charge in [-0.2, -0.15) is 0 Å². The van der Waals surface area contributed by atoms with E-state index in [1.807, 2.05) is 24.7 Å². The van der Waals surface area contributed by atoms with Crippen molar-refractivity contribution in [1.29, 1.82) is 0 Å². The van der Waals surface area contributed by atoms with E-state index in [0.717, 1.165) is 29.6 Å². The van der Waals surface area contributed by atoms with E-state index in [4.69, 9.17) is 5.73 Å². The molecule has 3 atom stereocenters. The molecule has 0 aromatic carbocycles. The molecule has 7 nitrogen and oxygen atoms in total. The predicted octanol–water partition coefficient (Wildman–Crippen LogP) is 2.67. The highest BCUT2D eigenvalue weighted by atomic mass is 16.1. The lowest BCUT2D eigenvalue weighted by molar-refractivity contribution is 0.100. The minimum atomic E-state index is -0.453. The highest BCUT2D eigenvalue weighted by Crippen LogP contribution is 2.40. The number of pyridine rings is 2. The van der Waals surface area contributed by atoms with Crippen LogP contribution in [0.5, 0.6) is 0 Å². The molecule has 0 radical (unpaired) electrons. The van der Waals surface area contributed by atoms with Crippen LogP contribution in [0.2, 0.25) is 0 Å². The standard InChI is InChI=1S/C20H22N6O/c21-19(27)17-11-24-20-16(5-8-23-20)18(17)25-12-9-14-1-2-15(10-12)26(14)13-3-6-22-7-4-13/h3-8,11-12,14-15H,1-2,9-10H2,(H2,21,27)(H2,23,24,25)/t12?,14-,15+. The first-order valence-electron chi connectivity index (χ1n) is 9.41. The van der Waals surface area contributed by atoms with Crippen LogP contribution in [-0.4, -0.2) is 39.0 Å². The summed E-state index contributed by atoms with van der Waals surface area (Å²) in [6.07, 6.45) is 11.6. The fourth-order valence-corrected chi connectivity index (χ4v) is 4.79. The van der Waals surface area contributed by atoms with Crippen molar-refractivity contribution in [2.24, 2.45) is 5.73 Å². The molecule has 3 aromatic rings. The Balaban J connectivity index is 1.43. The Bertz CT molecular complexity index is 971. The molecule has 2 bridgehead atoms. The van der Waals surface area contributed by atoms with E-state index in [9.17, 15) is 4.79 Å². The summed E-state index contributed by atoms with van der Waals surface area (Å²) in [4.78, 5) is 26.0. The maximum absolute atomic E-state index is 11.9. The number of anilines is 2. The van der Waals surface area contributed by atoms with Crippen molar-refractivity contribution in [1.82, 2.24) is 15.0 Å². The molecule has 2 aliphatic rings. The van der Waals surface area contributed by atoms with Gasteiger partial charge in [0.25, 0.3) is 5.91 Å². The zero-order valence-corrected chi connectivity index (χ0v) is 14.9. The van der Waals surface area contributed by atoms with Gasteiger partial charge in [0.1, 0.15) is 5.65 Å². The number of fused-ring (bicyclic) bond motifs is 3. The van der Waals surface area contributed by atoms with Crippen molar-refractivity contribution in [3.63, 3.8) is 0 Å². The monoisotopic (exact) mass is 362 g/mol. The molecule has 27 heavy (non-hydrogen) atoms. The second-order valence-corrected chi connectivity index (χ2v) is 7.46. The van der Waals surface area contributed by atoms with Gasteiger partial charge in [-0.3, -0.25) is 9.78 Å². The van der Waals surface area contributed by atoms with E-state index in [-0.39, 0.29) is 0 Å². The van der Waals surface area contributed by atoms with Gasteiger partial charge in [-0.25, -0.2) is 4.98 Å². The summed E-state index contributed by atoms with van der Waals surface area (Å²) in [5.41, 5.74) is 8.87. The highest BCUT2D eigenvalue weighted by Gasteiger charge is 2.41. The van der Waals surface area contributed by atoms with Gasteiger partial charge in [0.05, 0.1) is 11.3 Å². The van der Waals surface area contributed by atoms with Crippen LogP contribution in [-0.2, 0) is 0 Å². The van der Waals surface area contributed by atoms with E-state index >= 15 is 0 Å². The minimum absolute atomic E-state index is 0.305. The number of carbonyl (C=O) groups excluding carboxylic acids is 1. The molecule has 2 fully saturated rings. The van der Waals surface area contributed by atoms with Gasteiger partial charge in [0, 0.05) is 54.0 Å². The smallest absolute Gasteiger partial charge is 0.252 e. The predicted molar refractivity (Wildman–Crippen MR) is 105 cm³/mol. The number of H-pyrrole nitrogens is 1. The van der Waals surface area contributed by atoms with Crippen molar-refractivity contribution < 1.29 is 4.79 Å². The third-order valence-electron chi connectivity index (χ3n) is 5.89. The number of rotatable bonds is 4. The summed E-state index contributed by atoms with van der Waals surface area (Å²) in [6, 6.07) is 7.44. The molecule has 2 aliphatic heterocycles. The summed E-state index contributed by atoms with van der Waals surface area (Å²) in [5.74, 6) is -0.453. The second-order valence-electron chi connectivity index (χ2n) is 7.46. The number of nitrogens with two attached hydrogens (primary N) is 1. The highest BCUT2D eigenvalue weighted by molar-refractivity contribution is 6.06. The van der Waals surface area contributed by atoms with Gasteiger partial charge in [-0.15, -0.1) is 0 Å². The lowest BCUT2D eigenvalue weighted by Gasteiger charge is -2.41. The molecule has 3 aromatic heterocycles. The SMILES string of the molecule is NC(=O)c1cnc2[nH]ccc2c1NC1C[C@H]2CC[C@@H](C1)N2c1ccncc1. The van der Waals surface area contributed by atoms with Gasteiger partial charge < -0.3 is 20.9 Å². The molecule has 138 valence electrons. The third-order valence-corrected chi connectivity index (χ3v) is 5.89. The molecular weight excluding hydrogens is 340 g/mol. The number of hydrogen-bond acceptors (Lipinski definition) is 5. The van der Waals surface area contributed by atoms with Crippen LogP contribution in [0.1, 0.15) is 36.0 Å². The van der Waals surface area contributed by atoms with E-state index in [2.05, 4.69) is 37.3 Å². The zero-order chi connectivity index (χ0) is 18.4. The van der Waals surface area contributed by atoms with Crippen LogP contribution in [0, 0.1) is 0 Å².